The maximum atomic E-state index is 8.12. The van der Waals surface area contributed by atoms with E-state index in [9.17, 15) is 0 Å². The molecule has 1 atom stereocenters. The van der Waals surface area contributed by atoms with E-state index in [-0.39, 0.29) is 0 Å². The Kier molecular flexibility index (Phi) is 5.90. The molecule has 3 heteroatoms. The fraction of sp³-hybridized carbons (Fsp3) is 0.800. The van der Waals surface area contributed by atoms with Crippen LogP contribution in [0.2, 0.25) is 0 Å². The molecule has 0 aliphatic carbocycles. The summed E-state index contributed by atoms with van der Waals surface area (Å²) in [4.78, 5) is 0.460. The van der Waals surface area contributed by atoms with Gasteiger partial charge in [0.1, 0.15) is 0 Å². The smallest absolute Gasteiger partial charge is 0.0622 e. The summed E-state index contributed by atoms with van der Waals surface area (Å²) in [6.45, 7) is 0. The predicted octanol–water partition coefficient (Wildman–Crippen LogP) is 2.45. The molecule has 0 aromatic carbocycles. The van der Waals surface area contributed by atoms with Crippen LogP contribution in [0.15, 0.2) is 0 Å². The Morgan fingerprint density at radius 1 is 1.62 bits per heavy atom. The molecule has 0 heterocycles. The van der Waals surface area contributed by atoms with Gasteiger partial charge in [-0.3, -0.25) is 0 Å². The molecule has 0 aliphatic rings. The Morgan fingerprint density at radius 2 is 2.25 bits per heavy atom. The molecule has 0 amide bonds. The second-order valence-corrected chi connectivity index (χ2v) is 3.39. The summed E-state index contributed by atoms with van der Waals surface area (Å²) in [5.74, 6) is 0. The fourth-order valence-corrected chi connectivity index (χ4v) is 0.851. The van der Waals surface area contributed by atoms with Crippen LogP contribution in [-0.4, -0.2) is 10.2 Å². The third kappa shape index (κ3) is 4.61. The van der Waals surface area contributed by atoms with Crippen LogP contribution < -0.4 is 0 Å². The second kappa shape index (κ2) is 5.58. The molecule has 0 bridgehead atoms. The summed E-state index contributed by atoms with van der Waals surface area (Å²) in [7, 11) is 0. The minimum Gasteiger partial charge on any atom is -0.198 e. The van der Waals surface area contributed by atoms with Gasteiger partial charge in [-0.25, -0.2) is 0 Å². The average Bonchev–Trinajstić information content (AvgIpc) is 1.83. The van der Waals surface area contributed by atoms with Gasteiger partial charge in [-0.05, 0) is 6.42 Å². The van der Waals surface area contributed by atoms with Crippen molar-refractivity contribution in [2.24, 2.45) is 0 Å². The summed E-state index contributed by atoms with van der Waals surface area (Å²) in [6, 6.07) is 2.08. The van der Waals surface area contributed by atoms with Crippen LogP contribution in [-0.2, 0) is 0 Å². The monoisotopic (exact) mass is 239 g/mol. The van der Waals surface area contributed by atoms with Crippen molar-refractivity contribution in [3.8, 4) is 6.07 Å². The van der Waals surface area contributed by atoms with Crippen molar-refractivity contribution in [1.82, 2.24) is 0 Å². The molecular formula is C5H7Br2N. The van der Waals surface area contributed by atoms with Crippen molar-refractivity contribution >= 4 is 31.9 Å². The average molecular weight is 241 g/mol. The molecule has 0 aromatic rings. The Labute approximate surface area is 66.3 Å². The highest BCUT2D eigenvalue weighted by Gasteiger charge is 1.98. The van der Waals surface area contributed by atoms with Crippen molar-refractivity contribution in [2.75, 3.05) is 5.33 Å². The van der Waals surface area contributed by atoms with Crippen molar-refractivity contribution < 1.29 is 0 Å². The van der Waals surface area contributed by atoms with E-state index in [0.29, 0.717) is 11.2 Å². The van der Waals surface area contributed by atoms with E-state index in [1.54, 1.807) is 0 Å². The standard InChI is InChI=1S/C5H7Br2N/c6-4-5(7)2-1-3-8/h5H,1-2,4H2. The number of hydrogen-bond donors (Lipinski definition) is 0. The SMILES string of the molecule is N#CCCC(Br)CBr. The van der Waals surface area contributed by atoms with Crippen LogP contribution in [0.3, 0.4) is 0 Å². The molecule has 8 heavy (non-hydrogen) atoms. The fourth-order valence-electron chi connectivity index (χ4n) is 0.298. The van der Waals surface area contributed by atoms with Gasteiger partial charge in [-0.1, -0.05) is 31.9 Å². The van der Waals surface area contributed by atoms with Crippen LogP contribution >= 0.6 is 31.9 Å². The molecule has 0 N–H and O–H groups in total. The van der Waals surface area contributed by atoms with E-state index < -0.39 is 0 Å². The van der Waals surface area contributed by atoms with Crippen molar-refractivity contribution in [3.63, 3.8) is 0 Å². The van der Waals surface area contributed by atoms with Gasteiger partial charge in [-0.2, -0.15) is 5.26 Å². The maximum Gasteiger partial charge on any atom is 0.0622 e. The van der Waals surface area contributed by atoms with Gasteiger partial charge in [0.15, 0.2) is 0 Å². The van der Waals surface area contributed by atoms with Gasteiger partial charge in [-0.15, -0.1) is 0 Å². The lowest BCUT2D eigenvalue weighted by molar-refractivity contribution is 0.863. The summed E-state index contributed by atoms with van der Waals surface area (Å²) in [5, 5.41) is 9.05. The molecule has 0 aliphatic heterocycles. The quantitative estimate of drug-likeness (QED) is 0.696. The van der Waals surface area contributed by atoms with E-state index in [2.05, 4.69) is 37.9 Å². The normalized spacial score (nSPS) is 12.6. The number of halogens is 2. The highest BCUT2D eigenvalue weighted by molar-refractivity contribution is 9.12. The molecule has 0 rings (SSSR count). The minimum absolute atomic E-state index is 0.460. The molecule has 1 nitrogen and oxygen atoms in total. The summed E-state index contributed by atoms with van der Waals surface area (Å²) >= 11 is 6.67. The Bertz CT molecular complexity index is 86.9. The van der Waals surface area contributed by atoms with Crippen LogP contribution in [0.5, 0.6) is 0 Å². The first kappa shape index (κ1) is 8.45. The van der Waals surface area contributed by atoms with Gasteiger partial charge in [0.2, 0.25) is 0 Å². The number of alkyl halides is 2. The van der Waals surface area contributed by atoms with E-state index in [0.717, 1.165) is 11.8 Å². The van der Waals surface area contributed by atoms with Gasteiger partial charge in [0, 0.05) is 16.6 Å². The molecule has 0 fully saturated rings. The number of nitrogens with zero attached hydrogens (tertiary/aromatic N) is 1. The third-order valence-corrected chi connectivity index (χ3v) is 3.17. The predicted molar refractivity (Wildman–Crippen MR) is 41.4 cm³/mol. The summed E-state index contributed by atoms with van der Waals surface area (Å²) in [6.07, 6.45) is 1.57. The van der Waals surface area contributed by atoms with E-state index >= 15 is 0 Å². The minimum atomic E-state index is 0.460. The zero-order valence-electron chi connectivity index (χ0n) is 4.40. The van der Waals surface area contributed by atoms with E-state index in [1.165, 1.54) is 0 Å². The molecule has 0 radical (unpaired) electrons. The lowest BCUT2D eigenvalue weighted by Crippen LogP contribution is -1.96. The number of hydrogen-bond acceptors (Lipinski definition) is 1. The van der Waals surface area contributed by atoms with Crippen molar-refractivity contribution in [1.29, 1.82) is 5.26 Å². The van der Waals surface area contributed by atoms with Crippen LogP contribution in [0.25, 0.3) is 0 Å². The Hall–Kier alpha value is 0.450. The van der Waals surface area contributed by atoms with Crippen LogP contribution in [0.4, 0.5) is 0 Å². The van der Waals surface area contributed by atoms with E-state index in [1.807, 2.05) is 0 Å². The topological polar surface area (TPSA) is 23.8 Å². The Morgan fingerprint density at radius 3 is 2.62 bits per heavy atom. The highest BCUT2D eigenvalue weighted by Crippen LogP contribution is 2.09. The molecule has 0 saturated carbocycles. The molecule has 0 aromatic heterocycles. The largest absolute Gasteiger partial charge is 0.198 e. The van der Waals surface area contributed by atoms with Gasteiger partial charge in [0.05, 0.1) is 6.07 Å². The Balaban J connectivity index is 3.01. The highest BCUT2D eigenvalue weighted by atomic mass is 79.9. The zero-order valence-corrected chi connectivity index (χ0v) is 7.57. The summed E-state index contributed by atoms with van der Waals surface area (Å²) < 4.78 is 0. The molecule has 0 spiro atoms. The lowest BCUT2D eigenvalue weighted by atomic mass is 10.3. The van der Waals surface area contributed by atoms with Crippen LogP contribution in [0, 0.1) is 11.3 Å². The molecular weight excluding hydrogens is 234 g/mol. The molecule has 46 valence electrons. The first-order chi connectivity index (χ1) is 3.81. The maximum absolute atomic E-state index is 8.12. The van der Waals surface area contributed by atoms with Crippen molar-refractivity contribution in [2.45, 2.75) is 17.7 Å². The molecule has 1 unspecified atom stereocenters. The van der Waals surface area contributed by atoms with Crippen LogP contribution in [0.1, 0.15) is 12.8 Å². The first-order valence-electron chi connectivity index (χ1n) is 2.38. The third-order valence-electron chi connectivity index (χ3n) is 0.737. The van der Waals surface area contributed by atoms with Gasteiger partial charge < -0.3 is 0 Å². The number of rotatable bonds is 3. The second-order valence-electron chi connectivity index (χ2n) is 1.45. The molecule has 0 saturated heterocycles. The van der Waals surface area contributed by atoms with Gasteiger partial charge >= 0.3 is 0 Å². The van der Waals surface area contributed by atoms with E-state index in [4.69, 9.17) is 5.26 Å². The zero-order chi connectivity index (χ0) is 6.41. The van der Waals surface area contributed by atoms with Gasteiger partial charge in [0.25, 0.3) is 0 Å². The first-order valence-corrected chi connectivity index (χ1v) is 4.42. The lowest BCUT2D eigenvalue weighted by Gasteiger charge is -1.98. The summed E-state index contributed by atoms with van der Waals surface area (Å²) in [5.41, 5.74) is 0. The number of nitriles is 1. The van der Waals surface area contributed by atoms with Crippen molar-refractivity contribution in [3.05, 3.63) is 0 Å².